The second-order valence-electron chi connectivity index (χ2n) is 5.52. The van der Waals surface area contributed by atoms with Crippen LogP contribution in [0.2, 0.25) is 0 Å². The number of fused-ring (bicyclic) bond motifs is 1. The van der Waals surface area contributed by atoms with E-state index in [9.17, 15) is 4.79 Å². The van der Waals surface area contributed by atoms with Crippen molar-refractivity contribution in [3.63, 3.8) is 0 Å². The molecule has 3 rings (SSSR count). The number of nitrogens with zero attached hydrogens (tertiary/aromatic N) is 3. The first-order valence-electron chi connectivity index (χ1n) is 7.24. The molecule has 0 bridgehead atoms. The molecule has 1 saturated heterocycles. The van der Waals surface area contributed by atoms with Crippen molar-refractivity contribution in [2.45, 2.75) is 19.8 Å². The number of piperidine rings is 1. The highest BCUT2D eigenvalue weighted by Crippen LogP contribution is 2.23. The molecule has 0 spiro atoms. The molecule has 4 heteroatoms. The van der Waals surface area contributed by atoms with Gasteiger partial charge in [-0.3, -0.25) is 9.78 Å². The lowest BCUT2D eigenvalue weighted by molar-refractivity contribution is 0.0709. The van der Waals surface area contributed by atoms with E-state index in [-0.39, 0.29) is 11.8 Å². The molecule has 1 aliphatic rings. The first kappa shape index (κ1) is 13.6. The van der Waals surface area contributed by atoms with Gasteiger partial charge in [0.25, 0.3) is 5.91 Å². The highest BCUT2D eigenvalue weighted by molar-refractivity contribution is 6.06. The molecule has 0 unspecified atom stereocenters. The van der Waals surface area contributed by atoms with Crippen molar-refractivity contribution < 1.29 is 4.79 Å². The summed E-state index contributed by atoms with van der Waals surface area (Å²) < 4.78 is 0. The first-order chi connectivity index (χ1) is 10.2. The average molecular weight is 279 g/mol. The number of benzene rings is 1. The van der Waals surface area contributed by atoms with E-state index in [1.165, 1.54) is 0 Å². The topological polar surface area (TPSA) is 57.0 Å². The molecule has 4 nitrogen and oxygen atoms in total. The number of carbonyl (C=O) groups excluding carboxylic acids is 1. The lowest BCUT2D eigenvalue weighted by atomic mass is 9.97. The van der Waals surface area contributed by atoms with E-state index in [1.54, 1.807) is 0 Å². The molecule has 2 heterocycles. The zero-order chi connectivity index (χ0) is 14.8. The average Bonchev–Trinajstić information content (AvgIpc) is 2.53. The van der Waals surface area contributed by atoms with Gasteiger partial charge in [0.2, 0.25) is 0 Å². The second-order valence-corrected chi connectivity index (χ2v) is 5.52. The summed E-state index contributed by atoms with van der Waals surface area (Å²) in [6.07, 6.45) is 1.54. The molecule has 1 amide bonds. The zero-order valence-corrected chi connectivity index (χ0v) is 12.0. The van der Waals surface area contributed by atoms with Crippen LogP contribution in [0, 0.1) is 24.2 Å². The molecule has 1 aromatic heterocycles. The van der Waals surface area contributed by atoms with Crippen LogP contribution in [-0.2, 0) is 0 Å². The maximum Gasteiger partial charge on any atom is 0.254 e. The number of nitriles is 1. The molecular formula is C17H17N3O. The van der Waals surface area contributed by atoms with Crippen molar-refractivity contribution in [1.82, 2.24) is 9.88 Å². The molecule has 1 aliphatic heterocycles. The van der Waals surface area contributed by atoms with Gasteiger partial charge in [-0.05, 0) is 31.9 Å². The number of aryl methyl sites for hydroxylation is 1. The van der Waals surface area contributed by atoms with Gasteiger partial charge in [0, 0.05) is 30.1 Å². The molecule has 2 aromatic rings. The van der Waals surface area contributed by atoms with Gasteiger partial charge >= 0.3 is 0 Å². The van der Waals surface area contributed by atoms with Gasteiger partial charge in [-0.1, -0.05) is 18.2 Å². The predicted molar refractivity (Wildman–Crippen MR) is 80.7 cm³/mol. The number of hydrogen-bond donors (Lipinski definition) is 0. The van der Waals surface area contributed by atoms with Crippen molar-refractivity contribution in [3.8, 4) is 6.07 Å². The number of aromatic nitrogens is 1. The Hall–Kier alpha value is -2.41. The van der Waals surface area contributed by atoms with E-state index in [0.29, 0.717) is 18.7 Å². The number of rotatable bonds is 1. The van der Waals surface area contributed by atoms with Crippen LogP contribution in [0.3, 0.4) is 0 Å². The van der Waals surface area contributed by atoms with Crippen LogP contribution in [-0.4, -0.2) is 28.9 Å². The van der Waals surface area contributed by atoms with Crippen molar-refractivity contribution in [1.29, 1.82) is 5.26 Å². The van der Waals surface area contributed by atoms with Gasteiger partial charge in [-0.25, -0.2) is 0 Å². The quantitative estimate of drug-likeness (QED) is 0.806. The minimum absolute atomic E-state index is 0.0492. The van der Waals surface area contributed by atoms with E-state index >= 15 is 0 Å². The van der Waals surface area contributed by atoms with Crippen LogP contribution >= 0.6 is 0 Å². The van der Waals surface area contributed by atoms with Crippen LogP contribution in [0.1, 0.15) is 28.9 Å². The van der Waals surface area contributed by atoms with Crippen molar-refractivity contribution in [2.24, 2.45) is 5.92 Å². The largest absolute Gasteiger partial charge is 0.339 e. The summed E-state index contributed by atoms with van der Waals surface area (Å²) in [6, 6.07) is 11.9. The van der Waals surface area contributed by atoms with Gasteiger partial charge in [0.05, 0.1) is 17.1 Å². The number of amides is 1. The third kappa shape index (κ3) is 2.59. The Balaban J connectivity index is 1.94. The van der Waals surface area contributed by atoms with E-state index < -0.39 is 0 Å². The smallest absolute Gasteiger partial charge is 0.254 e. The summed E-state index contributed by atoms with van der Waals surface area (Å²) >= 11 is 0. The van der Waals surface area contributed by atoms with E-state index in [4.69, 9.17) is 5.26 Å². The van der Waals surface area contributed by atoms with Crippen LogP contribution in [0.25, 0.3) is 10.9 Å². The SMILES string of the molecule is Cc1cc(C(=O)N2CCC(C#N)CC2)c2ccccc2n1. The lowest BCUT2D eigenvalue weighted by Crippen LogP contribution is -2.38. The number of likely N-dealkylation sites (tertiary alicyclic amines) is 1. The molecule has 106 valence electrons. The molecule has 1 fully saturated rings. The summed E-state index contributed by atoms with van der Waals surface area (Å²) in [7, 11) is 0. The Kier molecular flexibility index (Phi) is 3.57. The van der Waals surface area contributed by atoms with Gasteiger partial charge in [0.15, 0.2) is 0 Å². The maximum atomic E-state index is 12.8. The van der Waals surface area contributed by atoms with Crippen LogP contribution in [0.5, 0.6) is 0 Å². The van der Waals surface area contributed by atoms with Crippen LogP contribution < -0.4 is 0 Å². The van der Waals surface area contributed by atoms with Gasteiger partial charge in [-0.2, -0.15) is 5.26 Å². The Bertz CT molecular complexity index is 724. The van der Waals surface area contributed by atoms with Crippen molar-refractivity contribution in [3.05, 3.63) is 41.6 Å². The summed E-state index contributed by atoms with van der Waals surface area (Å²) in [5.74, 6) is 0.137. The predicted octanol–water partition coefficient (Wildman–Crippen LogP) is 2.92. The second kappa shape index (κ2) is 5.53. The van der Waals surface area contributed by atoms with Crippen LogP contribution in [0.15, 0.2) is 30.3 Å². The number of hydrogen-bond acceptors (Lipinski definition) is 3. The van der Waals surface area contributed by atoms with E-state index in [0.717, 1.165) is 29.4 Å². The standard InChI is InChI=1S/C17H17N3O/c1-12-10-15(14-4-2-3-5-16(14)19-12)17(21)20-8-6-13(11-18)7-9-20/h2-5,10,13H,6-9H2,1H3. The summed E-state index contributed by atoms with van der Waals surface area (Å²) in [4.78, 5) is 19.1. The van der Waals surface area contributed by atoms with Gasteiger partial charge in [0.1, 0.15) is 0 Å². The number of para-hydroxylation sites is 1. The Morgan fingerprint density at radius 3 is 2.76 bits per heavy atom. The maximum absolute atomic E-state index is 12.8. The molecule has 0 atom stereocenters. The minimum Gasteiger partial charge on any atom is -0.339 e. The Morgan fingerprint density at radius 2 is 2.05 bits per heavy atom. The van der Waals surface area contributed by atoms with Crippen molar-refractivity contribution in [2.75, 3.05) is 13.1 Å². The van der Waals surface area contributed by atoms with Crippen molar-refractivity contribution >= 4 is 16.8 Å². The van der Waals surface area contributed by atoms with Gasteiger partial charge < -0.3 is 4.90 Å². The minimum atomic E-state index is 0.0492. The molecule has 0 aliphatic carbocycles. The highest BCUT2D eigenvalue weighted by Gasteiger charge is 2.24. The number of carbonyl (C=O) groups is 1. The Labute approximate surface area is 124 Å². The molecule has 0 N–H and O–H groups in total. The molecular weight excluding hydrogens is 262 g/mol. The fourth-order valence-corrected chi connectivity index (χ4v) is 2.87. The third-order valence-corrected chi connectivity index (χ3v) is 4.04. The molecule has 1 aromatic carbocycles. The first-order valence-corrected chi connectivity index (χ1v) is 7.24. The monoisotopic (exact) mass is 279 g/mol. The molecule has 21 heavy (non-hydrogen) atoms. The molecule has 0 radical (unpaired) electrons. The lowest BCUT2D eigenvalue weighted by Gasteiger charge is -2.29. The summed E-state index contributed by atoms with van der Waals surface area (Å²) in [6.45, 7) is 3.23. The van der Waals surface area contributed by atoms with E-state index in [1.807, 2.05) is 42.2 Å². The zero-order valence-electron chi connectivity index (χ0n) is 12.0. The Morgan fingerprint density at radius 1 is 1.33 bits per heavy atom. The van der Waals surface area contributed by atoms with Gasteiger partial charge in [-0.15, -0.1) is 0 Å². The molecule has 0 saturated carbocycles. The normalized spacial score (nSPS) is 15.9. The highest BCUT2D eigenvalue weighted by atomic mass is 16.2. The number of pyridine rings is 1. The third-order valence-electron chi connectivity index (χ3n) is 4.04. The summed E-state index contributed by atoms with van der Waals surface area (Å²) in [5, 5.41) is 9.85. The fourth-order valence-electron chi connectivity index (χ4n) is 2.87. The fraction of sp³-hybridized carbons (Fsp3) is 0.353. The summed E-state index contributed by atoms with van der Waals surface area (Å²) in [5.41, 5.74) is 2.42. The van der Waals surface area contributed by atoms with E-state index in [2.05, 4.69) is 11.1 Å². The van der Waals surface area contributed by atoms with Crippen LogP contribution in [0.4, 0.5) is 0 Å².